The molecule has 0 amide bonds. The van der Waals surface area contributed by atoms with Crippen molar-refractivity contribution in [1.29, 1.82) is 0 Å². The third kappa shape index (κ3) is 6.17. The molecule has 1 saturated heterocycles. The van der Waals surface area contributed by atoms with Crippen LogP contribution in [-0.2, 0) is 6.54 Å². The summed E-state index contributed by atoms with van der Waals surface area (Å²) >= 11 is 6.11. The summed E-state index contributed by atoms with van der Waals surface area (Å²) in [5, 5.41) is 7.66. The molecule has 0 bridgehead atoms. The van der Waals surface area contributed by atoms with Gasteiger partial charge < -0.3 is 20.3 Å². The molecule has 1 heterocycles. The molecule has 2 N–H and O–H groups in total. The van der Waals surface area contributed by atoms with Crippen molar-refractivity contribution < 1.29 is 4.74 Å². The Morgan fingerprint density at radius 1 is 1.26 bits per heavy atom. The van der Waals surface area contributed by atoms with Crippen molar-refractivity contribution in [3.05, 3.63) is 59.1 Å². The SMILES string of the molecule is CN=C(NCc1cccc(OC)c1)NC1CCN(c2cccc(Cl)c2)C1.I. The predicted molar refractivity (Wildman–Crippen MR) is 124 cm³/mol. The van der Waals surface area contributed by atoms with Crippen LogP contribution in [0.2, 0.25) is 5.02 Å². The number of rotatable bonds is 5. The maximum atomic E-state index is 6.11. The number of guanidine groups is 1. The van der Waals surface area contributed by atoms with Crippen LogP contribution in [0.15, 0.2) is 53.5 Å². The molecule has 3 rings (SSSR count). The van der Waals surface area contributed by atoms with Crippen LogP contribution >= 0.6 is 35.6 Å². The molecule has 1 aliphatic rings. The van der Waals surface area contributed by atoms with Gasteiger partial charge in [-0.3, -0.25) is 4.99 Å². The van der Waals surface area contributed by atoms with Gasteiger partial charge in [0.25, 0.3) is 0 Å². The number of benzene rings is 2. The monoisotopic (exact) mass is 500 g/mol. The smallest absolute Gasteiger partial charge is 0.191 e. The Kier molecular flexibility index (Phi) is 8.50. The van der Waals surface area contributed by atoms with E-state index in [0.717, 1.165) is 41.8 Å². The first-order chi connectivity index (χ1) is 12.7. The van der Waals surface area contributed by atoms with Gasteiger partial charge in [-0.15, -0.1) is 24.0 Å². The van der Waals surface area contributed by atoms with Crippen LogP contribution in [0.3, 0.4) is 0 Å². The zero-order chi connectivity index (χ0) is 18.4. The minimum Gasteiger partial charge on any atom is -0.497 e. The summed E-state index contributed by atoms with van der Waals surface area (Å²) in [5.74, 6) is 1.67. The molecule has 1 atom stereocenters. The number of anilines is 1. The third-order valence-electron chi connectivity index (χ3n) is 4.52. The van der Waals surface area contributed by atoms with E-state index in [1.54, 1.807) is 14.2 Å². The fraction of sp³-hybridized carbons (Fsp3) is 0.350. The highest BCUT2D eigenvalue weighted by molar-refractivity contribution is 14.0. The van der Waals surface area contributed by atoms with E-state index < -0.39 is 0 Å². The lowest BCUT2D eigenvalue weighted by atomic mass is 10.2. The van der Waals surface area contributed by atoms with Crippen LogP contribution in [0.5, 0.6) is 5.75 Å². The summed E-state index contributed by atoms with van der Waals surface area (Å²) in [6.07, 6.45) is 1.06. The molecule has 2 aromatic carbocycles. The lowest BCUT2D eigenvalue weighted by Gasteiger charge is -2.20. The first-order valence-electron chi connectivity index (χ1n) is 8.78. The number of hydrogen-bond acceptors (Lipinski definition) is 3. The standard InChI is InChI=1S/C20H25ClN4O.HI/c1-22-20(23-13-15-5-3-8-19(11-15)26-2)24-17-9-10-25(14-17)18-7-4-6-16(21)12-18;/h3-8,11-12,17H,9-10,13-14H2,1-2H3,(H2,22,23,24);1H. The summed E-state index contributed by atoms with van der Waals surface area (Å²) < 4.78 is 5.27. The minimum absolute atomic E-state index is 0. The molecule has 0 aliphatic carbocycles. The summed E-state index contributed by atoms with van der Waals surface area (Å²) in [5.41, 5.74) is 2.32. The fourth-order valence-electron chi connectivity index (χ4n) is 3.14. The number of nitrogens with zero attached hydrogens (tertiary/aromatic N) is 2. The zero-order valence-electron chi connectivity index (χ0n) is 15.6. The van der Waals surface area contributed by atoms with Crippen molar-refractivity contribution >= 4 is 47.2 Å². The van der Waals surface area contributed by atoms with E-state index in [1.807, 2.05) is 36.4 Å². The van der Waals surface area contributed by atoms with Gasteiger partial charge in [-0.05, 0) is 42.3 Å². The lowest BCUT2D eigenvalue weighted by molar-refractivity contribution is 0.414. The zero-order valence-corrected chi connectivity index (χ0v) is 18.7. The molecule has 0 radical (unpaired) electrons. The van der Waals surface area contributed by atoms with Crippen molar-refractivity contribution in [2.24, 2.45) is 4.99 Å². The molecular formula is C20H26ClIN4O. The summed E-state index contributed by atoms with van der Waals surface area (Å²) in [7, 11) is 3.48. The fourth-order valence-corrected chi connectivity index (χ4v) is 3.33. The highest BCUT2D eigenvalue weighted by Crippen LogP contribution is 2.23. The molecule has 146 valence electrons. The van der Waals surface area contributed by atoms with Crippen molar-refractivity contribution in [2.75, 3.05) is 32.1 Å². The predicted octanol–water partition coefficient (Wildman–Crippen LogP) is 3.91. The second-order valence-corrected chi connectivity index (χ2v) is 6.77. The molecule has 5 nitrogen and oxygen atoms in total. The van der Waals surface area contributed by atoms with Crippen LogP contribution in [0.25, 0.3) is 0 Å². The van der Waals surface area contributed by atoms with E-state index in [9.17, 15) is 0 Å². The van der Waals surface area contributed by atoms with Crippen LogP contribution < -0.4 is 20.3 Å². The largest absolute Gasteiger partial charge is 0.497 e. The number of halogens is 2. The second-order valence-electron chi connectivity index (χ2n) is 6.33. The molecule has 7 heteroatoms. The van der Waals surface area contributed by atoms with E-state index in [2.05, 4.69) is 32.7 Å². The van der Waals surface area contributed by atoms with Gasteiger partial charge in [-0.1, -0.05) is 29.8 Å². The summed E-state index contributed by atoms with van der Waals surface area (Å²) in [6, 6.07) is 16.4. The third-order valence-corrected chi connectivity index (χ3v) is 4.76. The first-order valence-corrected chi connectivity index (χ1v) is 9.16. The number of methoxy groups -OCH3 is 1. The Labute approximate surface area is 183 Å². The number of nitrogens with one attached hydrogen (secondary N) is 2. The Bertz CT molecular complexity index is 771. The van der Waals surface area contributed by atoms with Crippen molar-refractivity contribution in [1.82, 2.24) is 10.6 Å². The number of hydrogen-bond donors (Lipinski definition) is 2. The van der Waals surface area contributed by atoms with E-state index in [0.29, 0.717) is 12.6 Å². The Morgan fingerprint density at radius 3 is 2.81 bits per heavy atom. The summed E-state index contributed by atoms with van der Waals surface area (Å²) in [6.45, 7) is 2.63. The molecule has 1 aliphatic heterocycles. The van der Waals surface area contributed by atoms with Gasteiger partial charge in [0.15, 0.2) is 5.96 Å². The van der Waals surface area contributed by atoms with Crippen LogP contribution in [-0.4, -0.2) is 39.2 Å². The Hall–Kier alpha value is -1.67. The highest BCUT2D eigenvalue weighted by atomic mass is 127. The topological polar surface area (TPSA) is 48.9 Å². The normalized spacial score (nSPS) is 16.6. The lowest BCUT2D eigenvalue weighted by Crippen LogP contribution is -2.44. The molecular weight excluding hydrogens is 475 g/mol. The average Bonchev–Trinajstić information content (AvgIpc) is 3.14. The van der Waals surface area contributed by atoms with Crippen LogP contribution in [0.1, 0.15) is 12.0 Å². The van der Waals surface area contributed by atoms with Crippen LogP contribution in [0.4, 0.5) is 5.69 Å². The maximum Gasteiger partial charge on any atom is 0.191 e. The Balaban J connectivity index is 0.00000261. The van der Waals surface area contributed by atoms with E-state index >= 15 is 0 Å². The molecule has 0 aromatic heterocycles. The van der Waals surface area contributed by atoms with Crippen LogP contribution in [0, 0.1) is 0 Å². The highest BCUT2D eigenvalue weighted by Gasteiger charge is 2.23. The van der Waals surface area contributed by atoms with Gasteiger partial charge in [0.1, 0.15) is 5.75 Å². The maximum absolute atomic E-state index is 6.11. The minimum atomic E-state index is 0. The molecule has 2 aromatic rings. The van der Waals surface area contributed by atoms with Gasteiger partial charge in [-0.2, -0.15) is 0 Å². The molecule has 0 spiro atoms. The van der Waals surface area contributed by atoms with E-state index in [-0.39, 0.29) is 24.0 Å². The van der Waals surface area contributed by atoms with Gasteiger partial charge in [0.05, 0.1) is 7.11 Å². The second kappa shape index (κ2) is 10.6. The van der Waals surface area contributed by atoms with E-state index in [1.165, 1.54) is 5.69 Å². The molecule has 27 heavy (non-hydrogen) atoms. The number of aliphatic imine (C=N–C) groups is 1. The van der Waals surface area contributed by atoms with Gasteiger partial charge in [0, 0.05) is 43.4 Å². The summed E-state index contributed by atoms with van der Waals surface area (Å²) in [4.78, 5) is 6.69. The van der Waals surface area contributed by atoms with Gasteiger partial charge in [0.2, 0.25) is 0 Å². The number of ether oxygens (including phenoxy) is 1. The van der Waals surface area contributed by atoms with Crippen molar-refractivity contribution in [2.45, 2.75) is 19.0 Å². The van der Waals surface area contributed by atoms with Gasteiger partial charge in [-0.25, -0.2) is 0 Å². The van der Waals surface area contributed by atoms with Crippen molar-refractivity contribution in [3.8, 4) is 5.75 Å². The first kappa shape index (κ1) is 21.6. The van der Waals surface area contributed by atoms with E-state index in [4.69, 9.17) is 16.3 Å². The van der Waals surface area contributed by atoms with Gasteiger partial charge >= 0.3 is 0 Å². The Morgan fingerprint density at radius 2 is 2.07 bits per heavy atom. The average molecular weight is 501 g/mol. The van der Waals surface area contributed by atoms with Crippen molar-refractivity contribution in [3.63, 3.8) is 0 Å². The molecule has 1 fully saturated rings. The molecule has 0 saturated carbocycles. The quantitative estimate of drug-likeness (QED) is 0.371. The molecule has 1 unspecified atom stereocenters.